The van der Waals surface area contributed by atoms with Crippen molar-refractivity contribution in [3.05, 3.63) is 35.4 Å². The highest BCUT2D eigenvalue weighted by Gasteiger charge is 2.34. The molecule has 2 fully saturated rings. The van der Waals surface area contributed by atoms with Crippen molar-refractivity contribution in [3.63, 3.8) is 0 Å². The maximum absolute atomic E-state index is 12.2. The Morgan fingerprint density at radius 2 is 1.70 bits per heavy atom. The maximum Gasteiger partial charge on any atom is 0.411 e. The highest BCUT2D eigenvalue weighted by Crippen LogP contribution is 2.32. The van der Waals surface area contributed by atoms with E-state index in [1.54, 1.807) is 24.3 Å². The van der Waals surface area contributed by atoms with Gasteiger partial charge in [0, 0.05) is 25.0 Å². The molecular formula is C19H26ClF3N2O2. The van der Waals surface area contributed by atoms with E-state index in [9.17, 15) is 18.0 Å². The van der Waals surface area contributed by atoms with Gasteiger partial charge in [0.25, 0.3) is 0 Å². The Morgan fingerprint density at radius 1 is 1.11 bits per heavy atom. The van der Waals surface area contributed by atoms with Crippen LogP contribution >= 0.6 is 12.4 Å². The molecule has 2 heterocycles. The van der Waals surface area contributed by atoms with Crippen LogP contribution in [0.2, 0.25) is 0 Å². The Morgan fingerprint density at radius 3 is 2.30 bits per heavy atom. The molecule has 4 nitrogen and oxygen atoms in total. The standard InChI is InChI=1S/C19H25F3N2O2.ClH/c20-19(21,22)12-26-11-14-3-1-13(2-4-14)10-23-18(25)9-15-7-16-5-6-17(8-15)24-16;/h1-4,15-17,24H,5-12H2,(H,23,25);1H. The molecule has 2 N–H and O–H groups in total. The number of carbonyl (C=O) groups is 1. The van der Waals surface area contributed by atoms with Crippen LogP contribution < -0.4 is 10.6 Å². The van der Waals surface area contributed by atoms with Crippen LogP contribution in [0, 0.1) is 5.92 Å². The molecule has 0 aromatic heterocycles. The fourth-order valence-electron chi connectivity index (χ4n) is 3.91. The van der Waals surface area contributed by atoms with Crippen molar-refractivity contribution in [2.24, 2.45) is 5.92 Å². The van der Waals surface area contributed by atoms with Crippen LogP contribution in [-0.2, 0) is 22.7 Å². The summed E-state index contributed by atoms with van der Waals surface area (Å²) in [6, 6.07) is 8.22. The van der Waals surface area contributed by atoms with Crippen molar-refractivity contribution >= 4 is 18.3 Å². The summed E-state index contributed by atoms with van der Waals surface area (Å²) in [5.74, 6) is 0.524. The highest BCUT2D eigenvalue weighted by molar-refractivity contribution is 5.85. The van der Waals surface area contributed by atoms with Crippen LogP contribution in [-0.4, -0.2) is 30.8 Å². The second-order valence-electron chi connectivity index (χ2n) is 7.38. The Balaban J connectivity index is 0.00000261. The van der Waals surface area contributed by atoms with Gasteiger partial charge < -0.3 is 15.4 Å². The molecule has 27 heavy (non-hydrogen) atoms. The summed E-state index contributed by atoms with van der Waals surface area (Å²) >= 11 is 0. The molecule has 2 unspecified atom stereocenters. The lowest BCUT2D eigenvalue weighted by molar-refractivity contribution is -0.176. The highest BCUT2D eigenvalue weighted by atomic mass is 35.5. The van der Waals surface area contributed by atoms with Crippen LogP contribution in [0.15, 0.2) is 24.3 Å². The van der Waals surface area contributed by atoms with E-state index >= 15 is 0 Å². The van der Waals surface area contributed by atoms with Crippen molar-refractivity contribution in [2.75, 3.05) is 6.61 Å². The summed E-state index contributed by atoms with van der Waals surface area (Å²) in [5, 5.41) is 6.51. The minimum Gasteiger partial charge on any atom is -0.367 e. The van der Waals surface area contributed by atoms with Gasteiger partial charge in [-0.1, -0.05) is 24.3 Å². The van der Waals surface area contributed by atoms with E-state index in [1.807, 2.05) is 0 Å². The smallest absolute Gasteiger partial charge is 0.367 e. The third kappa shape index (κ3) is 7.31. The number of amides is 1. The number of alkyl halides is 3. The summed E-state index contributed by atoms with van der Waals surface area (Å²) < 4.78 is 40.8. The molecule has 3 rings (SSSR count). The zero-order valence-corrected chi connectivity index (χ0v) is 15.9. The van der Waals surface area contributed by atoms with Gasteiger partial charge in [-0.3, -0.25) is 4.79 Å². The molecule has 0 spiro atoms. The van der Waals surface area contributed by atoms with Gasteiger partial charge in [-0.15, -0.1) is 12.4 Å². The SMILES string of the molecule is Cl.O=C(CC1CC2CCC(C1)N2)NCc1ccc(COCC(F)(F)F)cc1. The first-order valence-corrected chi connectivity index (χ1v) is 9.12. The first-order chi connectivity index (χ1) is 12.4. The van der Waals surface area contributed by atoms with E-state index < -0.39 is 12.8 Å². The van der Waals surface area contributed by atoms with E-state index in [0.717, 1.165) is 18.4 Å². The fourth-order valence-corrected chi connectivity index (χ4v) is 3.91. The third-order valence-electron chi connectivity index (χ3n) is 5.09. The van der Waals surface area contributed by atoms with Crippen LogP contribution in [0.4, 0.5) is 13.2 Å². The predicted octanol–water partition coefficient (Wildman–Crippen LogP) is 3.72. The van der Waals surface area contributed by atoms with Crippen LogP contribution in [0.5, 0.6) is 0 Å². The predicted molar refractivity (Wildman–Crippen MR) is 98.5 cm³/mol. The second kappa shape index (κ2) is 9.75. The lowest BCUT2D eigenvalue weighted by Gasteiger charge is -2.28. The van der Waals surface area contributed by atoms with Gasteiger partial charge in [0.15, 0.2) is 0 Å². The number of ether oxygens (including phenoxy) is 1. The lowest BCUT2D eigenvalue weighted by Crippen LogP contribution is -2.39. The fraction of sp³-hybridized carbons (Fsp3) is 0.632. The van der Waals surface area contributed by atoms with Gasteiger partial charge in [-0.05, 0) is 42.7 Å². The average Bonchev–Trinajstić information content (AvgIpc) is 2.91. The van der Waals surface area contributed by atoms with Gasteiger partial charge in [0.05, 0.1) is 6.61 Å². The topological polar surface area (TPSA) is 50.4 Å². The first-order valence-electron chi connectivity index (χ1n) is 9.12. The van der Waals surface area contributed by atoms with Crippen LogP contribution in [0.1, 0.15) is 43.2 Å². The summed E-state index contributed by atoms with van der Waals surface area (Å²) in [5.41, 5.74) is 1.60. The zero-order chi connectivity index (χ0) is 18.6. The number of hydrogen-bond acceptors (Lipinski definition) is 3. The molecule has 0 radical (unpaired) electrons. The number of hydrogen-bond donors (Lipinski definition) is 2. The minimum absolute atomic E-state index is 0. The van der Waals surface area contributed by atoms with Crippen molar-refractivity contribution < 1.29 is 22.7 Å². The van der Waals surface area contributed by atoms with Gasteiger partial charge in [0.1, 0.15) is 6.61 Å². The molecule has 1 amide bonds. The van der Waals surface area contributed by atoms with Crippen molar-refractivity contribution in [2.45, 2.75) is 63.5 Å². The molecular weight excluding hydrogens is 381 g/mol. The van der Waals surface area contributed by atoms with Crippen molar-refractivity contribution in [1.82, 2.24) is 10.6 Å². The van der Waals surface area contributed by atoms with E-state index in [2.05, 4.69) is 15.4 Å². The van der Waals surface area contributed by atoms with Gasteiger partial charge in [-0.25, -0.2) is 0 Å². The molecule has 2 aliphatic heterocycles. The number of fused-ring (bicyclic) bond motifs is 2. The van der Waals surface area contributed by atoms with E-state index in [4.69, 9.17) is 0 Å². The van der Waals surface area contributed by atoms with Gasteiger partial charge in [-0.2, -0.15) is 13.2 Å². The number of benzene rings is 1. The number of carbonyl (C=O) groups excluding carboxylic acids is 1. The molecule has 2 bridgehead atoms. The molecule has 0 saturated carbocycles. The molecule has 2 aliphatic rings. The quantitative estimate of drug-likeness (QED) is 0.725. The Bertz CT molecular complexity index is 598. The summed E-state index contributed by atoms with van der Waals surface area (Å²) in [4.78, 5) is 12.2. The minimum atomic E-state index is -4.31. The number of piperidine rings is 1. The third-order valence-corrected chi connectivity index (χ3v) is 5.09. The molecule has 8 heteroatoms. The van der Waals surface area contributed by atoms with Gasteiger partial charge >= 0.3 is 6.18 Å². The lowest BCUT2D eigenvalue weighted by atomic mass is 9.89. The summed E-state index contributed by atoms with van der Waals surface area (Å²) in [6.07, 6.45) is 0.868. The number of nitrogens with one attached hydrogen (secondary N) is 2. The normalized spacial score (nSPS) is 24.3. The van der Waals surface area contributed by atoms with Crippen LogP contribution in [0.3, 0.4) is 0 Å². The number of rotatable bonds is 7. The van der Waals surface area contributed by atoms with E-state index in [-0.39, 0.29) is 24.9 Å². The van der Waals surface area contributed by atoms with Crippen molar-refractivity contribution in [1.29, 1.82) is 0 Å². The summed E-state index contributed by atoms with van der Waals surface area (Å²) in [6.45, 7) is -0.895. The second-order valence-corrected chi connectivity index (χ2v) is 7.38. The van der Waals surface area contributed by atoms with E-state index in [1.165, 1.54) is 12.8 Å². The average molecular weight is 407 g/mol. The molecule has 1 aromatic carbocycles. The Kier molecular flexibility index (Phi) is 7.94. The molecule has 2 saturated heterocycles. The molecule has 0 aliphatic carbocycles. The Hall–Kier alpha value is -1.31. The summed E-state index contributed by atoms with van der Waals surface area (Å²) in [7, 11) is 0. The van der Waals surface area contributed by atoms with Crippen LogP contribution in [0.25, 0.3) is 0 Å². The van der Waals surface area contributed by atoms with Crippen molar-refractivity contribution in [3.8, 4) is 0 Å². The first kappa shape index (κ1) is 22.0. The van der Waals surface area contributed by atoms with E-state index in [0.29, 0.717) is 36.5 Å². The maximum atomic E-state index is 12.2. The largest absolute Gasteiger partial charge is 0.411 e. The molecule has 1 aromatic rings. The number of halogens is 4. The molecule has 152 valence electrons. The Labute approximate surface area is 163 Å². The van der Waals surface area contributed by atoms with Gasteiger partial charge in [0.2, 0.25) is 5.91 Å². The monoisotopic (exact) mass is 406 g/mol. The molecule has 2 atom stereocenters. The zero-order valence-electron chi connectivity index (χ0n) is 15.1.